The number of nitrogens with one attached hydrogen (secondary N) is 2. The van der Waals surface area contributed by atoms with Crippen LogP contribution in [-0.4, -0.2) is 81.6 Å². The zero-order chi connectivity index (χ0) is 63.2. The Balaban J connectivity index is 0.000000272. The highest BCUT2D eigenvalue weighted by atomic mass is 127. The van der Waals surface area contributed by atoms with Crippen LogP contribution in [0.4, 0.5) is 34.1 Å². The first kappa shape index (κ1) is 70.7. The van der Waals surface area contributed by atoms with Gasteiger partial charge in [0.05, 0.1) is 136 Å². The van der Waals surface area contributed by atoms with Crippen LogP contribution in [0.2, 0.25) is 10.0 Å². The van der Waals surface area contributed by atoms with Crippen molar-refractivity contribution in [2.75, 3.05) is 59.4 Å². The third kappa shape index (κ3) is 24.3. The minimum Gasteiger partial charge on any atom is -0.398 e. The highest BCUT2D eigenvalue weighted by molar-refractivity contribution is 14.1. The highest BCUT2D eigenvalue weighted by Gasteiger charge is 2.14. The maximum atomic E-state index is 10.8. The van der Waals surface area contributed by atoms with E-state index in [4.69, 9.17) is 81.6 Å². The second-order valence-electron chi connectivity index (χ2n) is 17.9. The number of benzene rings is 6. The molecule has 0 spiro atoms. The van der Waals surface area contributed by atoms with Gasteiger partial charge in [0.15, 0.2) is 0 Å². The van der Waals surface area contributed by atoms with Gasteiger partial charge in [-0.2, -0.15) is 31.6 Å². The summed E-state index contributed by atoms with van der Waals surface area (Å²) in [6, 6.07) is 41.1. The third-order valence-electron chi connectivity index (χ3n) is 11.8. The SMILES string of the molecule is N#Cc1ccc(N)c(Cl)c1.N#Cc1ccc(N)c(NCCCCO)c1.N#Cc1ccc([N+](=O)[O-])c(Cl)c1.N#Cc1ccc([N+](=O)[O-])c(NCCCCO)c1.N#Cc1ccc2ncn(CCCCI)c2c1.N#Cc1ccc2ncn(CCCCO)c2c1. The van der Waals surface area contributed by atoms with Gasteiger partial charge < -0.3 is 46.6 Å². The Morgan fingerprint density at radius 3 is 1.29 bits per heavy atom. The molecule has 2 aromatic heterocycles. The van der Waals surface area contributed by atoms with Crippen molar-refractivity contribution in [1.29, 1.82) is 31.6 Å². The van der Waals surface area contributed by atoms with E-state index in [1.807, 2.05) is 59.4 Å². The Morgan fingerprint density at radius 1 is 0.488 bits per heavy atom. The average molecular weight is 1320 g/mol. The van der Waals surface area contributed by atoms with Crippen molar-refractivity contribution in [3.63, 3.8) is 0 Å². The summed E-state index contributed by atoms with van der Waals surface area (Å²) in [5.41, 5.74) is 20.2. The standard InChI is InChI=1S/C12H12IN3.C12H13N3O.C11H13N3O3.C11H15N3O.C7H3ClN2O2.C7H5ClN2/c13-5-1-2-6-16-9-15-11-4-3-10(8-14)7-12(11)16;13-8-10-3-4-11-12(7-10)15(9-14-11)5-1-2-6-16;12-8-9-3-4-11(14(16)17)10(7-9)13-5-1-2-6-15;12-8-9-3-4-10(13)11(7-9)14-5-1-2-6-15;8-6-3-5(4-9)1-2-7(6)10(11)12;8-6-3-5(4-9)1-2-7(6)10/h3-4,7,9H,1-2,5-6H2;3-4,7,9,16H,1-2,5-6H2;3-4,7,13,15H,1-2,5-6H2;3-4,7,14-15H,1-2,5-6,13H2;1-3H;1-3H,10H2. The van der Waals surface area contributed by atoms with Crippen LogP contribution in [0.15, 0.2) is 122 Å². The zero-order valence-corrected chi connectivity index (χ0v) is 50.2. The van der Waals surface area contributed by atoms with E-state index < -0.39 is 9.85 Å². The fourth-order valence-corrected chi connectivity index (χ4v) is 8.28. The number of halogens is 3. The van der Waals surface area contributed by atoms with Crippen LogP contribution < -0.4 is 22.1 Å². The molecule has 0 atom stereocenters. The second kappa shape index (κ2) is 39.8. The largest absolute Gasteiger partial charge is 0.398 e. The maximum absolute atomic E-state index is 10.8. The summed E-state index contributed by atoms with van der Waals surface area (Å²) >= 11 is 13.5. The Hall–Kier alpha value is -9.61. The monoisotopic (exact) mass is 1310 g/mol. The van der Waals surface area contributed by atoms with Crippen molar-refractivity contribution >= 4 is 102 Å². The molecule has 86 heavy (non-hydrogen) atoms. The number of hydrogen-bond donors (Lipinski definition) is 7. The number of nitrogen functional groups attached to an aromatic ring is 2. The first-order chi connectivity index (χ1) is 41.5. The van der Waals surface area contributed by atoms with Gasteiger partial charge in [-0.05, 0) is 153 Å². The minimum atomic E-state index is -0.594. The van der Waals surface area contributed by atoms with Gasteiger partial charge in [0.1, 0.15) is 10.7 Å². The number of unbranched alkanes of at least 4 members (excludes halogenated alkanes) is 4. The Kier molecular flexibility index (Phi) is 32.7. The van der Waals surface area contributed by atoms with Crippen LogP contribution in [0.5, 0.6) is 0 Å². The van der Waals surface area contributed by atoms with Gasteiger partial charge in [-0.3, -0.25) is 20.2 Å². The fraction of sp³-hybridized carbons (Fsp3) is 0.267. The number of aromatic nitrogens is 4. The molecule has 8 rings (SSSR count). The van der Waals surface area contributed by atoms with Crippen molar-refractivity contribution in [2.24, 2.45) is 0 Å². The van der Waals surface area contributed by atoms with Crippen molar-refractivity contribution in [1.82, 2.24) is 19.1 Å². The molecule has 0 saturated carbocycles. The van der Waals surface area contributed by atoms with Crippen LogP contribution in [-0.2, 0) is 13.1 Å². The van der Waals surface area contributed by atoms with Crippen molar-refractivity contribution in [3.05, 3.63) is 186 Å². The molecule has 26 heteroatoms. The van der Waals surface area contributed by atoms with E-state index in [1.165, 1.54) is 53.3 Å². The smallest absolute Gasteiger partial charge is 0.292 e. The number of aliphatic hydroxyl groups excluding tert-OH is 3. The van der Waals surface area contributed by atoms with Crippen LogP contribution in [0.25, 0.3) is 22.1 Å². The number of anilines is 4. The number of nitro groups is 2. The Labute approximate surface area is 520 Å². The molecule has 2 heterocycles. The molecular weight excluding hydrogens is 1250 g/mol. The molecule has 0 fully saturated rings. The van der Waals surface area contributed by atoms with E-state index >= 15 is 0 Å². The van der Waals surface area contributed by atoms with E-state index in [-0.39, 0.29) is 36.2 Å². The quantitative estimate of drug-likeness (QED) is 0.00930. The number of nitro benzene ring substituents is 2. The lowest BCUT2D eigenvalue weighted by atomic mass is 10.2. The van der Waals surface area contributed by atoms with Gasteiger partial charge in [-0.25, -0.2) is 9.97 Å². The molecule has 0 bridgehead atoms. The summed E-state index contributed by atoms with van der Waals surface area (Å²) in [6.07, 6.45) is 10.7. The summed E-state index contributed by atoms with van der Waals surface area (Å²) in [6.45, 7) is 3.60. The molecule has 0 radical (unpaired) electrons. The number of nitrogens with two attached hydrogens (primary N) is 2. The molecule has 8 aromatic rings. The summed E-state index contributed by atoms with van der Waals surface area (Å²) < 4.78 is 5.34. The molecule has 23 nitrogen and oxygen atoms in total. The van der Waals surface area contributed by atoms with Crippen LogP contribution in [0.3, 0.4) is 0 Å². The maximum Gasteiger partial charge on any atom is 0.292 e. The number of hydrogen-bond acceptors (Lipinski definition) is 19. The predicted octanol–water partition coefficient (Wildman–Crippen LogP) is 11.7. The van der Waals surface area contributed by atoms with Gasteiger partial charge in [-0.1, -0.05) is 45.8 Å². The lowest BCUT2D eigenvalue weighted by molar-refractivity contribution is -0.384. The van der Waals surface area contributed by atoms with Crippen LogP contribution in [0.1, 0.15) is 84.7 Å². The van der Waals surface area contributed by atoms with Crippen LogP contribution in [0, 0.1) is 88.2 Å². The number of imidazole rings is 2. The van der Waals surface area contributed by atoms with Gasteiger partial charge in [0, 0.05) is 58.1 Å². The lowest BCUT2D eigenvalue weighted by Gasteiger charge is -2.08. The average Bonchev–Trinajstić information content (AvgIpc) is 3.94. The van der Waals surface area contributed by atoms with E-state index in [9.17, 15) is 20.2 Å². The van der Waals surface area contributed by atoms with Crippen molar-refractivity contribution < 1.29 is 25.2 Å². The fourth-order valence-electron chi connectivity index (χ4n) is 7.31. The van der Waals surface area contributed by atoms with Gasteiger partial charge in [0.25, 0.3) is 11.4 Å². The molecule has 0 saturated heterocycles. The molecule has 0 aliphatic carbocycles. The van der Waals surface area contributed by atoms with E-state index in [0.29, 0.717) is 74.9 Å². The third-order valence-corrected chi connectivity index (χ3v) is 13.2. The number of rotatable bonds is 20. The number of fused-ring (bicyclic) bond motifs is 2. The molecule has 9 N–H and O–H groups in total. The van der Waals surface area contributed by atoms with Gasteiger partial charge in [0.2, 0.25) is 0 Å². The van der Waals surface area contributed by atoms with E-state index in [1.54, 1.807) is 42.7 Å². The highest BCUT2D eigenvalue weighted by Crippen LogP contribution is 2.27. The van der Waals surface area contributed by atoms with Gasteiger partial charge in [-0.15, -0.1) is 0 Å². The molecule has 6 aromatic carbocycles. The Morgan fingerprint density at radius 2 is 0.860 bits per heavy atom. The number of nitrogens with zero attached hydrogens (tertiary/aromatic N) is 12. The normalized spacial score (nSPS) is 9.77. The van der Waals surface area contributed by atoms with E-state index in [2.05, 4.69) is 66.0 Å². The summed E-state index contributed by atoms with van der Waals surface area (Å²) in [5.74, 6) is 0. The number of alkyl halides is 1. The van der Waals surface area contributed by atoms with E-state index in [0.717, 1.165) is 79.5 Å². The molecule has 0 unspecified atom stereocenters. The summed E-state index contributed by atoms with van der Waals surface area (Å²) in [5, 5.41) is 105. The Bertz CT molecular complexity index is 3660. The topological polar surface area (TPSA) is 401 Å². The molecule has 0 amide bonds. The van der Waals surface area contributed by atoms with Crippen molar-refractivity contribution in [2.45, 2.75) is 64.5 Å². The second-order valence-corrected chi connectivity index (χ2v) is 19.8. The first-order valence-corrected chi connectivity index (χ1v) is 28.7. The summed E-state index contributed by atoms with van der Waals surface area (Å²) in [4.78, 5) is 28.5. The van der Waals surface area contributed by atoms with Crippen molar-refractivity contribution in [3.8, 4) is 36.4 Å². The zero-order valence-electron chi connectivity index (χ0n) is 46.5. The minimum absolute atomic E-state index is 0.0148. The summed E-state index contributed by atoms with van der Waals surface area (Å²) in [7, 11) is 0. The molecule has 0 aliphatic heterocycles. The van der Waals surface area contributed by atoms with Crippen LogP contribution >= 0.6 is 45.8 Å². The van der Waals surface area contributed by atoms with Gasteiger partial charge >= 0.3 is 0 Å². The molecule has 444 valence electrons. The lowest BCUT2D eigenvalue weighted by Crippen LogP contribution is -2.05. The first-order valence-electron chi connectivity index (χ1n) is 26.4. The predicted molar refractivity (Wildman–Crippen MR) is 340 cm³/mol. The number of aryl methyl sites for hydroxylation is 2. The molecule has 0 aliphatic rings. The number of aliphatic hydroxyl groups is 3. The molecular formula is C60H61Cl2IN16O7. The number of nitriles is 6.